The summed E-state index contributed by atoms with van der Waals surface area (Å²) in [5.41, 5.74) is 0. The predicted octanol–water partition coefficient (Wildman–Crippen LogP) is 2.39. The highest BCUT2D eigenvalue weighted by Crippen LogP contribution is 2.33. The molecule has 118 valence electrons. The van der Waals surface area contributed by atoms with Crippen LogP contribution >= 0.6 is 27.5 Å². The van der Waals surface area contributed by atoms with Gasteiger partial charge in [-0.2, -0.15) is 0 Å². The van der Waals surface area contributed by atoms with Crippen LogP contribution in [0.4, 0.5) is 0 Å². The Bertz CT molecular complexity index is 604. The van der Waals surface area contributed by atoms with Gasteiger partial charge in [0.25, 0.3) is 0 Å². The normalized spacial score (nSPS) is 19.5. The zero-order valence-corrected chi connectivity index (χ0v) is 14.8. The number of ether oxygens (including phenoxy) is 1. The van der Waals surface area contributed by atoms with Gasteiger partial charge in [-0.1, -0.05) is 11.6 Å². The highest BCUT2D eigenvalue weighted by Gasteiger charge is 2.22. The number of piperidine rings is 1. The number of methoxy groups -OCH3 is 1. The van der Waals surface area contributed by atoms with Gasteiger partial charge in [-0.3, -0.25) is 0 Å². The van der Waals surface area contributed by atoms with Crippen LogP contribution in [0.1, 0.15) is 12.8 Å². The molecule has 5 nitrogen and oxygen atoms in total. The molecule has 8 heteroatoms. The van der Waals surface area contributed by atoms with Gasteiger partial charge in [0.2, 0.25) is 10.0 Å². The second kappa shape index (κ2) is 7.28. The summed E-state index contributed by atoms with van der Waals surface area (Å²) in [5, 5.41) is 3.53. The smallest absolute Gasteiger partial charge is 0.241 e. The fourth-order valence-corrected chi connectivity index (χ4v) is 4.74. The molecule has 1 heterocycles. The molecule has 1 fully saturated rings. The van der Waals surface area contributed by atoms with E-state index in [0.29, 0.717) is 22.7 Å². The first kappa shape index (κ1) is 17.0. The standard InChI is InChI=1S/C13H18BrClN2O3S/c1-20-12-5-10(14)13(6-11(12)15)21(18,19)17-8-9-3-2-4-16-7-9/h5-6,9,16-17H,2-4,7-8H2,1H3/t9-/m0/s1. The van der Waals surface area contributed by atoms with Crippen LogP contribution in [0.25, 0.3) is 0 Å². The Morgan fingerprint density at radius 1 is 1.52 bits per heavy atom. The van der Waals surface area contributed by atoms with E-state index in [1.165, 1.54) is 13.2 Å². The molecule has 0 radical (unpaired) electrons. The predicted molar refractivity (Wildman–Crippen MR) is 86.5 cm³/mol. The van der Waals surface area contributed by atoms with E-state index in [-0.39, 0.29) is 9.92 Å². The Labute approximate surface area is 138 Å². The number of rotatable bonds is 5. The lowest BCUT2D eigenvalue weighted by Gasteiger charge is -2.23. The van der Waals surface area contributed by atoms with E-state index < -0.39 is 10.0 Å². The summed E-state index contributed by atoms with van der Waals surface area (Å²) in [7, 11) is -2.12. The van der Waals surface area contributed by atoms with E-state index >= 15 is 0 Å². The van der Waals surface area contributed by atoms with Crippen molar-refractivity contribution in [2.24, 2.45) is 5.92 Å². The van der Waals surface area contributed by atoms with Crippen LogP contribution in [0, 0.1) is 5.92 Å². The minimum absolute atomic E-state index is 0.122. The maximum atomic E-state index is 12.4. The van der Waals surface area contributed by atoms with Crippen molar-refractivity contribution in [1.82, 2.24) is 10.0 Å². The Hall–Kier alpha value is -0.340. The highest BCUT2D eigenvalue weighted by atomic mass is 79.9. The Morgan fingerprint density at radius 3 is 2.90 bits per heavy atom. The number of hydrogen-bond acceptors (Lipinski definition) is 4. The number of benzene rings is 1. The fraction of sp³-hybridized carbons (Fsp3) is 0.538. The topological polar surface area (TPSA) is 67.4 Å². The van der Waals surface area contributed by atoms with Crippen LogP contribution in [-0.4, -0.2) is 35.2 Å². The first-order valence-corrected chi connectivity index (χ1v) is 9.33. The summed E-state index contributed by atoms with van der Waals surface area (Å²) in [5.74, 6) is 0.750. The van der Waals surface area contributed by atoms with Gasteiger partial charge >= 0.3 is 0 Å². The van der Waals surface area contributed by atoms with Crippen molar-refractivity contribution in [3.63, 3.8) is 0 Å². The van der Waals surface area contributed by atoms with Crippen LogP contribution in [-0.2, 0) is 10.0 Å². The molecule has 1 aliphatic heterocycles. The van der Waals surface area contributed by atoms with E-state index in [1.54, 1.807) is 6.07 Å². The summed E-state index contributed by atoms with van der Waals surface area (Å²) < 4.78 is 32.9. The van der Waals surface area contributed by atoms with Crippen molar-refractivity contribution in [2.45, 2.75) is 17.7 Å². The van der Waals surface area contributed by atoms with E-state index in [0.717, 1.165) is 25.9 Å². The van der Waals surface area contributed by atoms with Crippen molar-refractivity contribution in [3.8, 4) is 5.75 Å². The average molecular weight is 398 g/mol. The van der Waals surface area contributed by atoms with Crippen molar-refractivity contribution in [1.29, 1.82) is 0 Å². The van der Waals surface area contributed by atoms with E-state index in [9.17, 15) is 8.42 Å². The highest BCUT2D eigenvalue weighted by molar-refractivity contribution is 9.10. The van der Waals surface area contributed by atoms with E-state index in [2.05, 4.69) is 26.0 Å². The van der Waals surface area contributed by atoms with Gasteiger partial charge in [-0.05, 0) is 59.9 Å². The van der Waals surface area contributed by atoms with E-state index in [1.807, 2.05) is 0 Å². The Kier molecular flexibility index (Phi) is 5.90. The largest absolute Gasteiger partial charge is 0.495 e. The number of nitrogens with one attached hydrogen (secondary N) is 2. The Morgan fingerprint density at radius 2 is 2.29 bits per heavy atom. The lowest BCUT2D eigenvalue weighted by Crippen LogP contribution is -2.38. The molecule has 1 aromatic carbocycles. The molecule has 0 aromatic heterocycles. The van der Waals surface area contributed by atoms with Crippen LogP contribution in [0.15, 0.2) is 21.5 Å². The molecule has 0 amide bonds. The fourth-order valence-electron chi connectivity index (χ4n) is 2.28. The van der Waals surface area contributed by atoms with Gasteiger partial charge in [-0.15, -0.1) is 0 Å². The third-order valence-corrected chi connectivity index (χ3v) is 6.13. The summed E-state index contributed by atoms with van der Waals surface area (Å²) >= 11 is 9.26. The van der Waals surface area contributed by atoms with Gasteiger partial charge in [0.15, 0.2) is 0 Å². The quantitative estimate of drug-likeness (QED) is 0.800. The zero-order chi connectivity index (χ0) is 15.5. The number of halogens is 2. The average Bonchev–Trinajstić information content (AvgIpc) is 2.48. The molecule has 1 aliphatic rings. The van der Waals surface area contributed by atoms with Gasteiger partial charge in [-0.25, -0.2) is 13.1 Å². The SMILES string of the molecule is COc1cc(Br)c(S(=O)(=O)NC[C@H]2CCCNC2)cc1Cl. The van der Waals surface area contributed by atoms with E-state index in [4.69, 9.17) is 16.3 Å². The first-order chi connectivity index (χ1) is 9.94. The molecule has 2 N–H and O–H groups in total. The number of hydrogen-bond donors (Lipinski definition) is 2. The summed E-state index contributed by atoms with van der Waals surface area (Å²) in [6.07, 6.45) is 2.10. The molecule has 0 bridgehead atoms. The number of sulfonamides is 1. The van der Waals surface area contributed by atoms with Gasteiger partial charge in [0, 0.05) is 11.0 Å². The molecule has 21 heavy (non-hydrogen) atoms. The molecule has 2 rings (SSSR count). The molecular formula is C13H18BrClN2O3S. The van der Waals surface area contributed by atoms with Gasteiger partial charge < -0.3 is 10.1 Å². The maximum absolute atomic E-state index is 12.4. The summed E-state index contributed by atoms with van der Waals surface area (Å²) in [6.45, 7) is 2.27. The molecule has 1 saturated heterocycles. The minimum atomic E-state index is -3.60. The third kappa shape index (κ3) is 4.32. The first-order valence-electron chi connectivity index (χ1n) is 6.67. The second-order valence-corrected chi connectivity index (χ2v) is 7.98. The lowest BCUT2D eigenvalue weighted by atomic mass is 10.0. The second-order valence-electron chi connectivity index (χ2n) is 4.98. The zero-order valence-electron chi connectivity index (χ0n) is 11.7. The van der Waals surface area contributed by atoms with Gasteiger partial charge in [0.05, 0.1) is 17.0 Å². The monoisotopic (exact) mass is 396 g/mol. The van der Waals surface area contributed by atoms with Crippen LogP contribution < -0.4 is 14.8 Å². The van der Waals surface area contributed by atoms with Crippen molar-refractivity contribution >= 4 is 37.6 Å². The maximum Gasteiger partial charge on any atom is 0.241 e. The Balaban J connectivity index is 2.13. The lowest BCUT2D eigenvalue weighted by molar-refractivity contribution is 0.376. The minimum Gasteiger partial charge on any atom is -0.495 e. The van der Waals surface area contributed by atoms with Gasteiger partial charge in [0.1, 0.15) is 5.75 Å². The van der Waals surface area contributed by atoms with Crippen LogP contribution in [0.5, 0.6) is 5.75 Å². The van der Waals surface area contributed by atoms with Crippen LogP contribution in [0.3, 0.4) is 0 Å². The summed E-state index contributed by atoms with van der Waals surface area (Å²) in [6, 6.07) is 2.95. The summed E-state index contributed by atoms with van der Waals surface area (Å²) in [4.78, 5) is 0.122. The van der Waals surface area contributed by atoms with Crippen molar-refractivity contribution in [3.05, 3.63) is 21.6 Å². The molecule has 1 aromatic rings. The molecule has 1 atom stereocenters. The molecular weight excluding hydrogens is 380 g/mol. The molecule has 0 aliphatic carbocycles. The third-order valence-electron chi connectivity index (χ3n) is 3.46. The van der Waals surface area contributed by atoms with Crippen molar-refractivity contribution < 1.29 is 13.2 Å². The molecule has 0 saturated carbocycles. The van der Waals surface area contributed by atoms with Crippen LogP contribution in [0.2, 0.25) is 5.02 Å². The van der Waals surface area contributed by atoms with Crippen molar-refractivity contribution in [2.75, 3.05) is 26.7 Å². The molecule has 0 spiro atoms. The molecule has 0 unspecified atom stereocenters.